The molecule has 2 rings (SSSR count). The number of halogens is 3. The maximum Gasteiger partial charge on any atom is 0.170 e. The summed E-state index contributed by atoms with van der Waals surface area (Å²) in [6.07, 6.45) is 0. The highest BCUT2D eigenvalue weighted by molar-refractivity contribution is 7.98. The van der Waals surface area contributed by atoms with E-state index < -0.39 is 0 Å². The fourth-order valence-corrected chi connectivity index (χ4v) is 3.11. The summed E-state index contributed by atoms with van der Waals surface area (Å²) >= 11 is 18.8. The van der Waals surface area contributed by atoms with E-state index in [2.05, 4.69) is 10.6 Å². The van der Waals surface area contributed by atoms with Crippen LogP contribution in [0, 0.1) is 5.82 Å². The number of hydrogen-bond acceptors (Lipinski definition) is 2. The molecule has 0 radical (unpaired) electrons. The summed E-state index contributed by atoms with van der Waals surface area (Å²) in [5.74, 6) is 1.48. The third kappa shape index (κ3) is 6.55. The quantitative estimate of drug-likeness (QED) is 0.514. The van der Waals surface area contributed by atoms with Crippen LogP contribution in [0.25, 0.3) is 0 Å². The summed E-state index contributed by atoms with van der Waals surface area (Å²) in [6.45, 7) is 0.735. The smallest absolute Gasteiger partial charge is 0.170 e. The van der Waals surface area contributed by atoms with E-state index in [9.17, 15) is 4.39 Å². The molecule has 0 aromatic heterocycles. The number of hydrogen-bond donors (Lipinski definition) is 2. The highest BCUT2D eigenvalue weighted by Crippen LogP contribution is 2.24. The lowest BCUT2D eigenvalue weighted by atomic mass is 10.2. The second-order valence-electron chi connectivity index (χ2n) is 4.69. The zero-order chi connectivity index (χ0) is 16.7. The lowest BCUT2D eigenvalue weighted by molar-refractivity contribution is 0.628. The van der Waals surface area contributed by atoms with Crippen LogP contribution in [0.3, 0.4) is 0 Å². The first kappa shape index (κ1) is 18.3. The summed E-state index contributed by atoms with van der Waals surface area (Å²) in [5.41, 5.74) is 1.89. The second kappa shape index (κ2) is 9.33. The van der Waals surface area contributed by atoms with Crippen molar-refractivity contribution in [2.45, 2.75) is 5.75 Å². The molecule has 0 unspecified atom stereocenters. The van der Waals surface area contributed by atoms with Gasteiger partial charge in [-0.15, -0.1) is 0 Å². The van der Waals surface area contributed by atoms with Gasteiger partial charge < -0.3 is 10.6 Å². The molecule has 2 aromatic carbocycles. The van der Waals surface area contributed by atoms with Crippen molar-refractivity contribution in [3.05, 3.63) is 63.9 Å². The van der Waals surface area contributed by atoms with E-state index in [1.807, 2.05) is 12.1 Å². The summed E-state index contributed by atoms with van der Waals surface area (Å²) in [4.78, 5) is 0. The normalized spacial score (nSPS) is 10.4. The van der Waals surface area contributed by atoms with E-state index in [1.54, 1.807) is 30.0 Å². The molecule has 23 heavy (non-hydrogen) atoms. The molecule has 0 heterocycles. The van der Waals surface area contributed by atoms with Gasteiger partial charge >= 0.3 is 0 Å². The number of anilines is 1. The summed E-state index contributed by atoms with van der Waals surface area (Å²) in [7, 11) is 0. The monoisotopic (exact) mass is 388 g/mol. The SMILES string of the molecule is Fc1ccc(NC(=S)NCCSCc2ccc(Cl)c(Cl)c2)cc1. The average molecular weight is 389 g/mol. The fraction of sp³-hybridized carbons (Fsp3) is 0.188. The van der Waals surface area contributed by atoms with Crippen LogP contribution in [0.5, 0.6) is 0 Å². The van der Waals surface area contributed by atoms with Gasteiger partial charge in [0.15, 0.2) is 5.11 Å². The molecule has 2 N–H and O–H groups in total. The Morgan fingerprint density at radius 1 is 1.09 bits per heavy atom. The summed E-state index contributed by atoms with van der Waals surface area (Å²) < 4.78 is 12.8. The molecule has 0 aliphatic carbocycles. The molecule has 0 fully saturated rings. The minimum absolute atomic E-state index is 0.270. The van der Waals surface area contributed by atoms with E-state index in [4.69, 9.17) is 35.4 Å². The van der Waals surface area contributed by atoms with Crippen LogP contribution >= 0.6 is 47.2 Å². The largest absolute Gasteiger partial charge is 0.362 e. The number of benzene rings is 2. The van der Waals surface area contributed by atoms with Gasteiger partial charge in [0.1, 0.15) is 5.82 Å². The van der Waals surface area contributed by atoms with Crippen LogP contribution in [-0.4, -0.2) is 17.4 Å². The molecule has 7 heteroatoms. The zero-order valence-electron chi connectivity index (χ0n) is 12.1. The summed E-state index contributed by atoms with van der Waals surface area (Å²) in [6, 6.07) is 11.7. The maximum absolute atomic E-state index is 12.8. The van der Waals surface area contributed by atoms with E-state index in [0.29, 0.717) is 15.2 Å². The van der Waals surface area contributed by atoms with Crippen molar-refractivity contribution in [2.75, 3.05) is 17.6 Å². The molecule has 0 saturated heterocycles. The molecule has 122 valence electrons. The molecular weight excluding hydrogens is 374 g/mol. The lowest BCUT2D eigenvalue weighted by Gasteiger charge is -2.10. The topological polar surface area (TPSA) is 24.1 Å². The Morgan fingerprint density at radius 3 is 2.52 bits per heavy atom. The van der Waals surface area contributed by atoms with Gasteiger partial charge in [0.25, 0.3) is 0 Å². The Labute approximate surface area is 154 Å². The van der Waals surface area contributed by atoms with Gasteiger partial charge in [-0.05, 0) is 54.2 Å². The molecule has 0 amide bonds. The molecular formula is C16H15Cl2FN2S2. The van der Waals surface area contributed by atoms with Crippen LogP contribution in [0.4, 0.5) is 10.1 Å². The van der Waals surface area contributed by atoms with Crippen molar-refractivity contribution in [2.24, 2.45) is 0 Å². The first-order valence-electron chi connectivity index (χ1n) is 6.86. The molecule has 0 atom stereocenters. The van der Waals surface area contributed by atoms with Crippen LogP contribution in [0.1, 0.15) is 5.56 Å². The Bertz CT molecular complexity index is 666. The van der Waals surface area contributed by atoms with Crippen molar-refractivity contribution >= 4 is 58.0 Å². The third-order valence-corrected chi connectivity index (χ3v) is 4.90. The Hall–Kier alpha value is -1.01. The predicted molar refractivity (Wildman–Crippen MR) is 103 cm³/mol. The molecule has 0 aliphatic heterocycles. The van der Waals surface area contributed by atoms with Gasteiger partial charge in [0, 0.05) is 23.7 Å². The highest BCUT2D eigenvalue weighted by atomic mass is 35.5. The van der Waals surface area contributed by atoms with Gasteiger partial charge in [-0.3, -0.25) is 0 Å². The van der Waals surface area contributed by atoms with E-state index in [1.165, 1.54) is 12.1 Å². The van der Waals surface area contributed by atoms with E-state index in [0.717, 1.165) is 29.3 Å². The van der Waals surface area contributed by atoms with Crippen molar-refractivity contribution in [3.63, 3.8) is 0 Å². The van der Waals surface area contributed by atoms with Crippen LogP contribution < -0.4 is 10.6 Å². The van der Waals surface area contributed by atoms with E-state index >= 15 is 0 Å². The third-order valence-electron chi connectivity index (χ3n) is 2.89. The first-order valence-corrected chi connectivity index (χ1v) is 9.18. The highest BCUT2D eigenvalue weighted by Gasteiger charge is 2.01. The average Bonchev–Trinajstić information content (AvgIpc) is 2.53. The van der Waals surface area contributed by atoms with Gasteiger partial charge in [0.2, 0.25) is 0 Å². The molecule has 0 spiro atoms. The minimum Gasteiger partial charge on any atom is -0.362 e. The van der Waals surface area contributed by atoms with Crippen molar-refractivity contribution in [1.82, 2.24) is 5.32 Å². The van der Waals surface area contributed by atoms with Gasteiger partial charge in [0.05, 0.1) is 10.0 Å². The minimum atomic E-state index is -0.270. The number of nitrogens with one attached hydrogen (secondary N) is 2. The Balaban J connectivity index is 1.64. The van der Waals surface area contributed by atoms with Crippen LogP contribution in [-0.2, 0) is 5.75 Å². The van der Waals surface area contributed by atoms with E-state index in [-0.39, 0.29) is 5.82 Å². The first-order chi connectivity index (χ1) is 11.0. The van der Waals surface area contributed by atoms with Crippen molar-refractivity contribution in [1.29, 1.82) is 0 Å². The predicted octanol–water partition coefficient (Wildman–Crippen LogP) is 5.35. The molecule has 0 aliphatic rings. The molecule has 2 aromatic rings. The molecule has 2 nitrogen and oxygen atoms in total. The van der Waals surface area contributed by atoms with Crippen LogP contribution in [0.2, 0.25) is 10.0 Å². The van der Waals surface area contributed by atoms with Gasteiger partial charge in [-0.1, -0.05) is 29.3 Å². The standard InChI is InChI=1S/C16H15Cl2FN2S2/c17-14-6-1-11(9-15(14)18)10-23-8-7-20-16(22)21-13-4-2-12(19)3-5-13/h1-6,9H,7-8,10H2,(H2,20,21,22). The van der Waals surface area contributed by atoms with Gasteiger partial charge in [-0.25, -0.2) is 4.39 Å². The fourth-order valence-electron chi connectivity index (χ4n) is 1.76. The number of thioether (sulfide) groups is 1. The van der Waals surface area contributed by atoms with Crippen LogP contribution in [0.15, 0.2) is 42.5 Å². The lowest BCUT2D eigenvalue weighted by Crippen LogP contribution is -2.30. The van der Waals surface area contributed by atoms with Crippen molar-refractivity contribution in [3.8, 4) is 0 Å². The Kier molecular flexibility index (Phi) is 7.43. The second-order valence-corrected chi connectivity index (χ2v) is 7.02. The summed E-state index contributed by atoms with van der Waals surface area (Å²) in [5, 5.41) is 7.78. The van der Waals surface area contributed by atoms with Gasteiger partial charge in [-0.2, -0.15) is 11.8 Å². The number of thiocarbonyl (C=S) groups is 1. The Morgan fingerprint density at radius 2 is 1.83 bits per heavy atom. The maximum atomic E-state index is 12.8. The zero-order valence-corrected chi connectivity index (χ0v) is 15.3. The molecule has 0 bridgehead atoms. The molecule has 0 saturated carbocycles. The number of rotatable bonds is 6. The van der Waals surface area contributed by atoms with Crippen molar-refractivity contribution < 1.29 is 4.39 Å².